The summed E-state index contributed by atoms with van der Waals surface area (Å²) >= 11 is 0. The van der Waals surface area contributed by atoms with Gasteiger partial charge >= 0.3 is 0 Å². The molecule has 0 radical (unpaired) electrons. The third-order valence-electron chi connectivity index (χ3n) is 11.0. The molecule has 0 unspecified atom stereocenters. The maximum atomic E-state index is 10.1. The van der Waals surface area contributed by atoms with Crippen LogP contribution in [0.5, 0.6) is 0 Å². The summed E-state index contributed by atoms with van der Waals surface area (Å²) in [5, 5.41) is 28.9. The smallest absolute Gasteiger partial charge is 0.139 e. The van der Waals surface area contributed by atoms with E-state index in [1.807, 2.05) is 12.1 Å². The molecule has 0 aliphatic rings. The number of benzene rings is 5. The van der Waals surface area contributed by atoms with Gasteiger partial charge in [0.1, 0.15) is 28.3 Å². The Balaban J connectivity index is 2.03. The highest BCUT2D eigenvalue weighted by Crippen LogP contribution is 2.40. The first-order valence-corrected chi connectivity index (χ1v) is 26.5. The second-order valence-electron chi connectivity index (χ2n) is 19.5. The van der Waals surface area contributed by atoms with E-state index in [9.17, 15) is 10.5 Å². The Morgan fingerprint density at radius 3 is 0.929 bits per heavy atom. The van der Waals surface area contributed by atoms with Crippen molar-refractivity contribution in [2.45, 2.75) is 119 Å². The Hall–Kier alpha value is -4.33. The maximum absolute atomic E-state index is 10.1. The largest absolute Gasteiger partial charge is 0.192 e. The lowest BCUT2D eigenvalue weighted by atomic mass is 9.88. The summed E-state index contributed by atoms with van der Waals surface area (Å²) in [5.41, 5.74) is 11.3. The van der Waals surface area contributed by atoms with E-state index in [-0.39, 0.29) is 0 Å². The molecule has 290 valence electrons. The average Bonchev–Trinajstić information content (AvgIpc) is 3.09. The first-order chi connectivity index (χ1) is 26.5. The van der Waals surface area contributed by atoms with E-state index in [2.05, 4.69) is 167 Å². The van der Waals surface area contributed by atoms with Gasteiger partial charge in [-0.1, -0.05) is 119 Å². The van der Waals surface area contributed by atoms with E-state index < -0.39 is 16.1 Å². The summed E-state index contributed by atoms with van der Waals surface area (Å²) < 4.78 is 0. The van der Waals surface area contributed by atoms with E-state index in [0.717, 1.165) is 43.4 Å². The normalized spacial score (nSPS) is 12.3. The van der Waals surface area contributed by atoms with Crippen LogP contribution in [0.15, 0.2) is 60.7 Å². The molecule has 4 heteroatoms. The summed E-state index contributed by atoms with van der Waals surface area (Å²) in [6.45, 7) is 28.4. The van der Waals surface area contributed by atoms with E-state index >= 15 is 0 Å². The topological polar surface area (TPSA) is 47.6 Å². The van der Waals surface area contributed by atoms with Crippen LogP contribution in [-0.4, -0.2) is 16.1 Å². The molecule has 5 aromatic carbocycles. The van der Waals surface area contributed by atoms with E-state index in [1.54, 1.807) is 0 Å². The van der Waals surface area contributed by atoms with Crippen molar-refractivity contribution in [1.29, 1.82) is 10.5 Å². The maximum Gasteiger partial charge on any atom is 0.139 e. The predicted molar refractivity (Wildman–Crippen MR) is 249 cm³/mol. The third kappa shape index (κ3) is 9.96. The van der Waals surface area contributed by atoms with Crippen LogP contribution in [0.25, 0.3) is 43.1 Å². The molecule has 5 aromatic rings. The molecule has 0 spiro atoms. The SMILES string of the molecule is CC(C)C[Si](C#Cc1c2cc3ccccc3cc2c(C#C[Si](CC(C)C)(CC(C)C)CC(C)C)c2cc3cc(C#N)c(C#N)cc3cc12)(CC(C)C)CC(C)C. The van der Waals surface area contributed by atoms with Gasteiger partial charge in [0.2, 0.25) is 0 Å². The van der Waals surface area contributed by atoms with Gasteiger partial charge in [-0.25, -0.2) is 0 Å². The van der Waals surface area contributed by atoms with Crippen LogP contribution in [-0.2, 0) is 0 Å². The zero-order valence-electron chi connectivity index (χ0n) is 36.4. The number of nitriles is 2. The summed E-state index contributed by atoms with van der Waals surface area (Å²) in [5.74, 6) is 11.5. The van der Waals surface area contributed by atoms with Crippen LogP contribution in [0, 0.1) is 81.1 Å². The van der Waals surface area contributed by atoms with Crippen molar-refractivity contribution in [3.63, 3.8) is 0 Å². The van der Waals surface area contributed by atoms with Crippen molar-refractivity contribution in [3.8, 4) is 35.1 Å². The Bertz CT molecular complexity index is 2220. The van der Waals surface area contributed by atoms with Gasteiger partial charge in [-0.15, -0.1) is 11.1 Å². The van der Waals surface area contributed by atoms with Gasteiger partial charge in [0, 0.05) is 11.1 Å². The van der Waals surface area contributed by atoms with Gasteiger partial charge in [0.05, 0.1) is 11.1 Å². The predicted octanol–water partition coefficient (Wildman–Crippen LogP) is 14.7. The van der Waals surface area contributed by atoms with Gasteiger partial charge in [-0.2, -0.15) is 10.5 Å². The number of rotatable bonds is 12. The van der Waals surface area contributed by atoms with Gasteiger partial charge < -0.3 is 0 Å². The first kappa shape index (κ1) is 42.8. The van der Waals surface area contributed by atoms with Crippen molar-refractivity contribution in [2.75, 3.05) is 0 Å². The highest BCUT2D eigenvalue weighted by molar-refractivity contribution is 6.88. The van der Waals surface area contributed by atoms with Crippen LogP contribution in [0.1, 0.15) is 105 Å². The molecular weight excluding hydrogens is 709 g/mol. The molecule has 0 bridgehead atoms. The molecule has 5 rings (SSSR count). The van der Waals surface area contributed by atoms with Crippen LogP contribution < -0.4 is 0 Å². The Morgan fingerprint density at radius 1 is 0.411 bits per heavy atom. The molecular formula is C52H64N2Si2. The van der Waals surface area contributed by atoms with Crippen molar-refractivity contribution in [3.05, 3.63) is 82.9 Å². The van der Waals surface area contributed by atoms with Crippen molar-refractivity contribution >= 4 is 59.2 Å². The summed E-state index contributed by atoms with van der Waals surface area (Å²) in [7, 11) is -4.08. The standard InChI is InChI=1S/C52H64N2Si2/c1-35(2)29-55(30-36(3)4,31-37(5)6)19-17-47-49-23-41-15-13-14-16-42(41)24-50(49)48(18-20-56(32-38(7)8,33-39(9)10)34-40(11)12)52-26-44-22-46(28-54)45(27-53)21-43(44)25-51(47)52/h13-16,21-26,35-40H,29-34H2,1-12H3. The molecule has 0 atom stereocenters. The lowest BCUT2D eigenvalue weighted by molar-refractivity contribution is 0.650. The zero-order chi connectivity index (χ0) is 40.9. The van der Waals surface area contributed by atoms with Crippen LogP contribution in [0.2, 0.25) is 36.3 Å². The summed E-state index contributed by atoms with van der Waals surface area (Å²) in [6.07, 6.45) is 0. The fourth-order valence-electron chi connectivity index (χ4n) is 10.0. The summed E-state index contributed by atoms with van der Waals surface area (Å²) in [6, 6.07) is 33.4. The molecule has 0 saturated carbocycles. The van der Waals surface area contributed by atoms with Gasteiger partial charge in [0.25, 0.3) is 0 Å². The molecule has 0 aliphatic heterocycles. The molecule has 2 nitrogen and oxygen atoms in total. The lowest BCUT2D eigenvalue weighted by Gasteiger charge is -2.31. The highest BCUT2D eigenvalue weighted by Gasteiger charge is 2.35. The van der Waals surface area contributed by atoms with Crippen LogP contribution >= 0.6 is 0 Å². The monoisotopic (exact) mass is 772 g/mol. The second-order valence-corrected chi connectivity index (χ2v) is 27.6. The molecule has 0 saturated heterocycles. The summed E-state index contributed by atoms with van der Waals surface area (Å²) in [4.78, 5) is 0. The van der Waals surface area contributed by atoms with Gasteiger partial charge in [-0.3, -0.25) is 0 Å². The van der Waals surface area contributed by atoms with E-state index in [4.69, 9.17) is 0 Å². The Labute approximate surface area is 341 Å². The number of nitrogens with zero attached hydrogens (tertiary/aromatic N) is 2. The van der Waals surface area contributed by atoms with Crippen LogP contribution in [0.3, 0.4) is 0 Å². The van der Waals surface area contributed by atoms with Gasteiger partial charge in [-0.05, 0) is 151 Å². The quantitative estimate of drug-likeness (QED) is 0.0720. The fourth-order valence-corrected chi connectivity index (χ4v) is 21.8. The molecule has 0 aliphatic carbocycles. The Morgan fingerprint density at radius 2 is 0.679 bits per heavy atom. The van der Waals surface area contributed by atoms with E-state index in [1.165, 1.54) is 47.0 Å². The molecule has 0 aromatic heterocycles. The Kier molecular flexibility index (Phi) is 13.7. The number of hydrogen-bond acceptors (Lipinski definition) is 2. The van der Waals surface area contributed by atoms with Crippen molar-refractivity contribution < 1.29 is 0 Å². The van der Waals surface area contributed by atoms with E-state index in [0.29, 0.717) is 46.6 Å². The molecule has 0 fully saturated rings. The zero-order valence-corrected chi connectivity index (χ0v) is 38.4. The highest BCUT2D eigenvalue weighted by atomic mass is 28.3. The van der Waals surface area contributed by atoms with Crippen molar-refractivity contribution in [1.82, 2.24) is 0 Å². The minimum absolute atomic E-state index is 0.405. The fraction of sp³-hybridized carbons (Fsp3) is 0.462. The van der Waals surface area contributed by atoms with Crippen molar-refractivity contribution in [2.24, 2.45) is 35.5 Å². The molecule has 0 heterocycles. The third-order valence-corrected chi connectivity index (χ3v) is 21.9. The average molecular weight is 773 g/mol. The lowest BCUT2D eigenvalue weighted by Crippen LogP contribution is -2.37. The number of hydrogen-bond donors (Lipinski definition) is 0. The minimum atomic E-state index is -2.04. The number of fused-ring (bicyclic) bond motifs is 4. The first-order valence-electron chi connectivity index (χ1n) is 21.2. The van der Waals surface area contributed by atoms with Crippen LogP contribution in [0.4, 0.5) is 0 Å². The second kappa shape index (κ2) is 17.9. The molecule has 56 heavy (non-hydrogen) atoms. The minimum Gasteiger partial charge on any atom is -0.192 e. The molecule has 0 N–H and O–H groups in total. The molecule has 0 amide bonds. The van der Waals surface area contributed by atoms with Gasteiger partial charge in [0.15, 0.2) is 0 Å².